The Morgan fingerprint density at radius 2 is 1.58 bits per heavy atom. The fourth-order valence-corrected chi connectivity index (χ4v) is 2.47. The highest BCUT2D eigenvalue weighted by molar-refractivity contribution is 5.89. The third kappa shape index (κ3) is 4.96. The first-order valence-corrected chi connectivity index (χ1v) is 7.54. The second-order valence-corrected chi connectivity index (χ2v) is 5.56. The second-order valence-electron chi connectivity index (χ2n) is 5.56. The van der Waals surface area contributed by atoms with Gasteiger partial charge in [0.1, 0.15) is 6.42 Å². The number of nitrogens with one attached hydrogen (secondary N) is 1. The molecule has 144 valence electrons. The van der Waals surface area contributed by atoms with Crippen LogP contribution >= 0.6 is 0 Å². The monoisotopic (exact) mass is 381 g/mol. The molecule has 1 aromatic carbocycles. The molecule has 0 bridgehead atoms. The SMILES string of the molecule is COc1c(F)cc(NC(=O)N2CCN(C(=O)CC(F)(F)F)CC2)cc1F. The van der Waals surface area contributed by atoms with E-state index in [0.717, 1.165) is 24.1 Å². The number of piperazine rings is 1. The minimum Gasteiger partial charge on any atom is -0.491 e. The van der Waals surface area contributed by atoms with Crippen molar-refractivity contribution in [1.29, 1.82) is 0 Å². The van der Waals surface area contributed by atoms with Crippen LogP contribution in [0, 0.1) is 11.6 Å². The summed E-state index contributed by atoms with van der Waals surface area (Å²) in [5, 5.41) is 2.29. The molecule has 11 heteroatoms. The first-order valence-electron chi connectivity index (χ1n) is 7.54. The van der Waals surface area contributed by atoms with Gasteiger partial charge in [-0.1, -0.05) is 0 Å². The molecule has 0 radical (unpaired) electrons. The molecule has 1 aromatic rings. The minimum absolute atomic E-state index is 0.00342. The van der Waals surface area contributed by atoms with Crippen molar-refractivity contribution in [3.05, 3.63) is 23.8 Å². The highest BCUT2D eigenvalue weighted by atomic mass is 19.4. The van der Waals surface area contributed by atoms with E-state index in [4.69, 9.17) is 0 Å². The second kappa shape index (κ2) is 7.75. The Bertz CT molecular complexity index is 665. The molecular weight excluding hydrogens is 365 g/mol. The Morgan fingerprint density at radius 1 is 1.08 bits per heavy atom. The third-order valence-electron chi connectivity index (χ3n) is 3.72. The number of hydrogen-bond acceptors (Lipinski definition) is 3. The molecule has 3 amide bonds. The van der Waals surface area contributed by atoms with Crippen molar-refractivity contribution in [3.8, 4) is 5.75 Å². The van der Waals surface area contributed by atoms with Gasteiger partial charge < -0.3 is 19.9 Å². The van der Waals surface area contributed by atoms with Gasteiger partial charge in [0.25, 0.3) is 0 Å². The molecule has 1 aliphatic rings. The Kier molecular flexibility index (Phi) is 5.88. The lowest BCUT2D eigenvalue weighted by Crippen LogP contribution is -2.52. The molecule has 0 aliphatic carbocycles. The van der Waals surface area contributed by atoms with Crippen LogP contribution < -0.4 is 10.1 Å². The molecule has 1 aliphatic heterocycles. The molecular formula is C15H16F5N3O3. The maximum Gasteiger partial charge on any atom is 0.397 e. The van der Waals surface area contributed by atoms with Crippen LogP contribution in [-0.4, -0.2) is 61.2 Å². The quantitative estimate of drug-likeness (QED) is 0.819. The first kappa shape index (κ1) is 19.7. The van der Waals surface area contributed by atoms with E-state index in [1.54, 1.807) is 0 Å². The van der Waals surface area contributed by atoms with E-state index >= 15 is 0 Å². The molecule has 26 heavy (non-hydrogen) atoms. The van der Waals surface area contributed by atoms with E-state index in [0.29, 0.717) is 0 Å². The summed E-state index contributed by atoms with van der Waals surface area (Å²) in [6, 6.07) is 1.07. The zero-order valence-corrected chi connectivity index (χ0v) is 13.7. The number of benzene rings is 1. The lowest BCUT2D eigenvalue weighted by molar-refractivity contribution is -0.162. The number of amides is 3. The number of nitrogens with zero attached hydrogens (tertiary/aromatic N) is 2. The molecule has 1 N–H and O–H groups in total. The number of methoxy groups -OCH3 is 1. The molecule has 0 aromatic heterocycles. The van der Waals surface area contributed by atoms with Crippen LogP contribution in [0.3, 0.4) is 0 Å². The number of hydrogen-bond donors (Lipinski definition) is 1. The molecule has 0 atom stereocenters. The lowest BCUT2D eigenvalue weighted by Gasteiger charge is -2.34. The largest absolute Gasteiger partial charge is 0.491 e. The van der Waals surface area contributed by atoms with Crippen molar-refractivity contribution in [2.75, 3.05) is 38.6 Å². The molecule has 6 nitrogen and oxygen atoms in total. The van der Waals surface area contributed by atoms with Crippen LogP contribution in [-0.2, 0) is 4.79 Å². The number of urea groups is 1. The minimum atomic E-state index is -4.59. The standard InChI is InChI=1S/C15H16F5N3O3/c1-26-13-10(16)6-9(7-11(13)17)21-14(25)23-4-2-22(3-5-23)12(24)8-15(18,19)20/h6-7H,2-5,8H2,1H3,(H,21,25). The average molecular weight is 381 g/mol. The molecule has 1 heterocycles. The highest BCUT2D eigenvalue weighted by Crippen LogP contribution is 2.25. The van der Waals surface area contributed by atoms with Crippen LogP contribution in [0.2, 0.25) is 0 Å². The van der Waals surface area contributed by atoms with E-state index in [1.165, 1.54) is 4.90 Å². The molecule has 0 unspecified atom stereocenters. The number of carbonyl (C=O) groups excluding carboxylic acids is 2. The van der Waals surface area contributed by atoms with Gasteiger partial charge in [-0.05, 0) is 0 Å². The van der Waals surface area contributed by atoms with Crippen LogP contribution in [0.5, 0.6) is 5.75 Å². The molecule has 0 saturated carbocycles. The summed E-state index contributed by atoms with van der Waals surface area (Å²) >= 11 is 0. The van der Waals surface area contributed by atoms with Gasteiger partial charge >= 0.3 is 12.2 Å². The summed E-state index contributed by atoms with van der Waals surface area (Å²) in [6.45, 7) is -0.131. The van der Waals surface area contributed by atoms with Crippen LogP contribution in [0.25, 0.3) is 0 Å². The molecule has 1 saturated heterocycles. The predicted molar refractivity (Wildman–Crippen MR) is 80.8 cm³/mol. The number of anilines is 1. The van der Waals surface area contributed by atoms with Gasteiger partial charge in [0.15, 0.2) is 17.4 Å². The fourth-order valence-electron chi connectivity index (χ4n) is 2.47. The van der Waals surface area contributed by atoms with Gasteiger partial charge in [-0.25, -0.2) is 13.6 Å². The Labute approximate surface area is 145 Å². The summed E-state index contributed by atoms with van der Waals surface area (Å²) in [4.78, 5) is 25.9. The number of ether oxygens (including phenoxy) is 1. The van der Waals surface area contributed by atoms with Gasteiger partial charge in [-0.2, -0.15) is 13.2 Å². The van der Waals surface area contributed by atoms with Gasteiger partial charge in [-0.3, -0.25) is 4.79 Å². The Balaban J connectivity index is 1.92. The van der Waals surface area contributed by atoms with Crippen LogP contribution in [0.1, 0.15) is 6.42 Å². The van der Waals surface area contributed by atoms with Gasteiger partial charge in [0, 0.05) is 44.0 Å². The summed E-state index contributed by atoms with van der Waals surface area (Å²) < 4.78 is 68.5. The zero-order chi connectivity index (χ0) is 19.5. The number of halogens is 5. The molecule has 0 spiro atoms. The van der Waals surface area contributed by atoms with Crippen molar-refractivity contribution in [1.82, 2.24) is 9.80 Å². The number of rotatable bonds is 3. The van der Waals surface area contributed by atoms with Crippen molar-refractivity contribution >= 4 is 17.6 Å². The van der Waals surface area contributed by atoms with E-state index in [9.17, 15) is 31.5 Å². The highest BCUT2D eigenvalue weighted by Gasteiger charge is 2.34. The average Bonchev–Trinajstić information content (AvgIpc) is 2.53. The van der Waals surface area contributed by atoms with Crippen molar-refractivity contribution in [2.24, 2.45) is 0 Å². The first-order chi connectivity index (χ1) is 12.1. The van der Waals surface area contributed by atoms with Gasteiger partial charge in [-0.15, -0.1) is 0 Å². The smallest absolute Gasteiger partial charge is 0.397 e. The molecule has 2 rings (SSSR count). The van der Waals surface area contributed by atoms with E-state index in [1.807, 2.05) is 0 Å². The maximum absolute atomic E-state index is 13.6. The summed E-state index contributed by atoms with van der Waals surface area (Å²) in [7, 11) is 1.10. The number of alkyl halides is 3. The van der Waals surface area contributed by atoms with Crippen molar-refractivity contribution in [2.45, 2.75) is 12.6 Å². The normalized spacial score (nSPS) is 15.0. The predicted octanol–water partition coefficient (Wildman–Crippen LogP) is 2.60. The van der Waals surface area contributed by atoms with Crippen molar-refractivity contribution < 1.29 is 36.3 Å². The summed E-state index contributed by atoms with van der Waals surface area (Å²) in [6.07, 6.45) is -6.14. The lowest BCUT2D eigenvalue weighted by atomic mass is 10.2. The van der Waals surface area contributed by atoms with E-state index < -0.39 is 41.9 Å². The summed E-state index contributed by atoms with van der Waals surface area (Å²) in [5.41, 5.74) is -0.138. The maximum atomic E-state index is 13.6. The van der Waals surface area contributed by atoms with Crippen molar-refractivity contribution in [3.63, 3.8) is 0 Å². The number of carbonyl (C=O) groups is 2. The fraction of sp³-hybridized carbons (Fsp3) is 0.467. The van der Waals surface area contributed by atoms with E-state index in [-0.39, 0.29) is 31.9 Å². The Hall–Kier alpha value is -2.59. The topological polar surface area (TPSA) is 61.9 Å². The zero-order valence-electron chi connectivity index (χ0n) is 13.7. The van der Waals surface area contributed by atoms with Crippen LogP contribution in [0.4, 0.5) is 32.4 Å². The Morgan fingerprint density at radius 3 is 2.04 bits per heavy atom. The third-order valence-corrected chi connectivity index (χ3v) is 3.72. The molecule has 1 fully saturated rings. The summed E-state index contributed by atoms with van der Waals surface area (Å²) in [5.74, 6) is -3.63. The van der Waals surface area contributed by atoms with E-state index in [2.05, 4.69) is 10.1 Å². The van der Waals surface area contributed by atoms with Gasteiger partial charge in [0.2, 0.25) is 5.91 Å². The van der Waals surface area contributed by atoms with Crippen LogP contribution in [0.15, 0.2) is 12.1 Å². The van der Waals surface area contributed by atoms with Gasteiger partial charge in [0.05, 0.1) is 7.11 Å².